The van der Waals surface area contributed by atoms with Gasteiger partial charge >= 0.3 is 6.18 Å². The Morgan fingerprint density at radius 3 is 2.44 bits per heavy atom. The lowest BCUT2D eigenvalue weighted by atomic mass is 10.1. The minimum absolute atomic E-state index is 0.0131. The number of halogens is 3. The molecule has 0 radical (unpaired) electrons. The zero-order chi connectivity index (χ0) is 23.1. The van der Waals surface area contributed by atoms with Crippen LogP contribution < -0.4 is 5.32 Å². The Morgan fingerprint density at radius 1 is 1.16 bits per heavy atom. The Morgan fingerprint density at radius 2 is 1.88 bits per heavy atom. The number of anilines is 1. The summed E-state index contributed by atoms with van der Waals surface area (Å²) >= 11 is 1.12. The van der Waals surface area contributed by atoms with Gasteiger partial charge in [0.2, 0.25) is 5.95 Å². The molecule has 1 N–H and O–H groups in total. The third-order valence-corrected chi connectivity index (χ3v) is 7.69. The van der Waals surface area contributed by atoms with E-state index in [2.05, 4.69) is 25.3 Å². The Hall–Kier alpha value is -2.58. The van der Waals surface area contributed by atoms with Crippen LogP contribution in [0.3, 0.4) is 0 Å². The fourth-order valence-corrected chi connectivity index (χ4v) is 5.57. The molecule has 0 bridgehead atoms. The quantitative estimate of drug-likeness (QED) is 0.590. The van der Waals surface area contributed by atoms with Gasteiger partial charge in [0.05, 0.1) is 6.33 Å². The SMILES string of the molecule is Cc1cnc(-c2nc(NC3CCN(S(=O)(=O)c4cn(C)cn4)CC3)ncc2C(F)(F)F)s1. The molecule has 4 rings (SSSR count). The molecule has 0 amide bonds. The number of imidazole rings is 1. The van der Waals surface area contributed by atoms with Crippen molar-refractivity contribution >= 4 is 27.3 Å². The smallest absolute Gasteiger partial charge is 0.351 e. The number of thiazole rings is 1. The summed E-state index contributed by atoms with van der Waals surface area (Å²) in [6.45, 7) is 2.24. The van der Waals surface area contributed by atoms with E-state index in [1.165, 1.54) is 23.0 Å². The van der Waals surface area contributed by atoms with Crippen LogP contribution in [0.25, 0.3) is 10.7 Å². The van der Waals surface area contributed by atoms with Crippen molar-refractivity contribution in [1.82, 2.24) is 28.8 Å². The molecule has 0 saturated carbocycles. The van der Waals surface area contributed by atoms with Gasteiger partial charge < -0.3 is 9.88 Å². The van der Waals surface area contributed by atoms with E-state index in [9.17, 15) is 21.6 Å². The molecule has 0 spiro atoms. The molecule has 1 saturated heterocycles. The first-order valence-corrected chi connectivity index (χ1v) is 11.9. The predicted molar refractivity (Wildman–Crippen MR) is 111 cm³/mol. The third-order valence-electron chi connectivity index (χ3n) is 4.99. The van der Waals surface area contributed by atoms with Crippen molar-refractivity contribution in [1.29, 1.82) is 0 Å². The number of nitrogens with one attached hydrogen (secondary N) is 1. The second-order valence-corrected chi connectivity index (χ2v) is 10.5. The van der Waals surface area contributed by atoms with Crippen molar-refractivity contribution in [3.05, 3.63) is 35.4 Å². The van der Waals surface area contributed by atoms with Gasteiger partial charge in [-0.1, -0.05) is 0 Å². The van der Waals surface area contributed by atoms with E-state index in [0.717, 1.165) is 22.4 Å². The van der Waals surface area contributed by atoms with Crippen LogP contribution in [-0.2, 0) is 23.2 Å². The molecule has 1 aliphatic heterocycles. The van der Waals surface area contributed by atoms with Crippen molar-refractivity contribution in [3.8, 4) is 10.7 Å². The highest BCUT2D eigenvalue weighted by Crippen LogP contribution is 2.37. The Balaban J connectivity index is 1.48. The first-order chi connectivity index (χ1) is 15.0. The Kier molecular flexibility index (Phi) is 5.94. The second kappa shape index (κ2) is 8.41. The average Bonchev–Trinajstić information content (AvgIpc) is 3.36. The molecule has 0 aliphatic carbocycles. The number of rotatable bonds is 5. The lowest BCUT2D eigenvalue weighted by molar-refractivity contribution is -0.137. The molecular weight excluding hydrogens is 467 g/mol. The van der Waals surface area contributed by atoms with Crippen LogP contribution in [0.2, 0.25) is 0 Å². The molecule has 32 heavy (non-hydrogen) atoms. The van der Waals surface area contributed by atoms with Crippen molar-refractivity contribution < 1.29 is 21.6 Å². The molecule has 0 atom stereocenters. The molecular formula is C18H20F3N7O2S2. The minimum atomic E-state index is -4.61. The van der Waals surface area contributed by atoms with Crippen LogP contribution in [0.15, 0.2) is 29.9 Å². The van der Waals surface area contributed by atoms with E-state index >= 15 is 0 Å². The van der Waals surface area contributed by atoms with Gasteiger partial charge in [0.1, 0.15) is 16.3 Å². The summed E-state index contributed by atoms with van der Waals surface area (Å²) in [6, 6.07) is -0.187. The lowest BCUT2D eigenvalue weighted by Crippen LogP contribution is -2.42. The van der Waals surface area contributed by atoms with Gasteiger partial charge in [0.25, 0.3) is 10.0 Å². The summed E-state index contributed by atoms with van der Waals surface area (Å²) in [5.41, 5.74) is -1.23. The molecule has 3 aromatic heterocycles. The maximum absolute atomic E-state index is 13.4. The lowest BCUT2D eigenvalue weighted by Gasteiger charge is -2.31. The first kappa shape index (κ1) is 22.6. The van der Waals surface area contributed by atoms with Crippen LogP contribution in [0.1, 0.15) is 23.3 Å². The fraction of sp³-hybridized carbons (Fsp3) is 0.444. The van der Waals surface area contributed by atoms with E-state index < -0.39 is 21.8 Å². The van der Waals surface area contributed by atoms with Gasteiger partial charge in [0, 0.05) is 49.6 Å². The van der Waals surface area contributed by atoms with Crippen molar-refractivity contribution in [2.75, 3.05) is 18.4 Å². The number of alkyl halides is 3. The number of hydrogen-bond acceptors (Lipinski definition) is 8. The first-order valence-electron chi connectivity index (χ1n) is 9.66. The van der Waals surface area contributed by atoms with Crippen LogP contribution in [0, 0.1) is 6.92 Å². The van der Waals surface area contributed by atoms with Crippen LogP contribution in [0.5, 0.6) is 0 Å². The maximum Gasteiger partial charge on any atom is 0.420 e. The Labute approximate surface area is 186 Å². The maximum atomic E-state index is 13.4. The number of sulfonamides is 1. The number of hydrogen-bond donors (Lipinski definition) is 1. The summed E-state index contributed by atoms with van der Waals surface area (Å²) < 4.78 is 68.6. The summed E-state index contributed by atoms with van der Waals surface area (Å²) in [5, 5.41) is 3.19. The highest BCUT2D eigenvalue weighted by Gasteiger charge is 2.37. The zero-order valence-corrected chi connectivity index (χ0v) is 18.8. The molecule has 14 heteroatoms. The van der Waals surface area contributed by atoms with E-state index in [1.54, 1.807) is 18.5 Å². The van der Waals surface area contributed by atoms with Gasteiger partial charge in [-0.25, -0.2) is 28.4 Å². The third kappa shape index (κ3) is 4.61. The molecule has 172 valence electrons. The molecule has 3 aromatic rings. The van der Waals surface area contributed by atoms with E-state index in [1.807, 2.05) is 0 Å². The van der Waals surface area contributed by atoms with E-state index in [-0.39, 0.29) is 40.8 Å². The zero-order valence-electron chi connectivity index (χ0n) is 17.2. The van der Waals surface area contributed by atoms with Crippen molar-refractivity contribution in [2.45, 2.75) is 37.0 Å². The van der Waals surface area contributed by atoms with Gasteiger partial charge in [-0.2, -0.15) is 17.5 Å². The van der Waals surface area contributed by atoms with Crippen LogP contribution >= 0.6 is 11.3 Å². The molecule has 1 aliphatic rings. The summed E-state index contributed by atoms with van der Waals surface area (Å²) in [6.07, 6.45) is 1.39. The average molecular weight is 488 g/mol. The molecule has 9 nitrogen and oxygen atoms in total. The normalized spacial score (nSPS) is 16.4. The minimum Gasteiger partial charge on any atom is -0.351 e. The summed E-state index contributed by atoms with van der Waals surface area (Å²) in [4.78, 5) is 16.7. The standard InChI is InChI=1S/C18H20F3N7O2S2/c1-11-7-22-16(31-11)15-13(18(19,20)21)8-23-17(26-15)25-12-3-5-28(6-4-12)32(29,30)14-9-27(2)10-24-14/h7-10,12H,3-6H2,1-2H3,(H,23,25,26). The van der Waals surface area contributed by atoms with Crippen LogP contribution in [0.4, 0.5) is 19.1 Å². The van der Waals surface area contributed by atoms with Gasteiger partial charge in [-0.3, -0.25) is 0 Å². The Bertz CT molecular complexity index is 1220. The molecule has 1 fully saturated rings. The number of aromatic nitrogens is 5. The molecule has 4 heterocycles. The molecule has 0 unspecified atom stereocenters. The van der Waals surface area contributed by atoms with Gasteiger partial charge in [-0.15, -0.1) is 11.3 Å². The highest BCUT2D eigenvalue weighted by atomic mass is 32.2. The molecule has 0 aromatic carbocycles. The van der Waals surface area contributed by atoms with Crippen molar-refractivity contribution in [2.24, 2.45) is 7.05 Å². The van der Waals surface area contributed by atoms with E-state index in [0.29, 0.717) is 12.8 Å². The highest BCUT2D eigenvalue weighted by molar-refractivity contribution is 7.89. The summed E-state index contributed by atoms with van der Waals surface area (Å²) in [5.74, 6) is 0.0480. The largest absolute Gasteiger partial charge is 0.420 e. The van der Waals surface area contributed by atoms with E-state index in [4.69, 9.17) is 0 Å². The summed E-state index contributed by atoms with van der Waals surface area (Å²) in [7, 11) is -2.00. The van der Waals surface area contributed by atoms with Gasteiger partial charge in [-0.05, 0) is 19.8 Å². The van der Waals surface area contributed by atoms with Gasteiger partial charge in [0.15, 0.2) is 5.03 Å². The second-order valence-electron chi connectivity index (χ2n) is 7.43. The topological polar surface area (TPSA) is 106 Å². The predicted octanol–water partition coefficient (Wildman–Crippen LogP) is 2.93. The fourth-order valence-electron chi connectivity index (χ4n) is 3.36. The monoisotopic (exact) mass is 487 g/mol. The number of nitrogens with zero attached hydrogens (tertiary/aromatic N) is 6. The van der Waals surface area contributed by atoms with Crippen molar-refractivity contribution in [3.63, 3.8) is 0 Å². The number of piperidine rings is 1. The number of aryl methyl sites for hydroxylation is 2. The van der Waals surface area contributed by atoms with Crippen LogP contribution in [-0.4, -0.2) is 56.4 Å².